The molecule has 0 radical (unpaired) electrons. The Labute approximate surface area is 166 Å². The summed E-state index contributed by atoms with van der Waals surface area (Å²) < 4.78 is 10.4. The minimum Gasteiger partial charge on any atom is -0.492 e. The van der Waals surface area contributed by atoms with Crippen LogP contribution in [0.1, 0.15) is 38.9 Å². The number of aromatic nitrogens is 1. The molecule has 0 saturated carbocycles. The third-order valence-corrected chi connectivity index (χ3v) is 5.67. The number of carbonyl (C=O) groups is 2. The number of thiophene rings is 1. The van der Waals surface area contributed by atoms with Gasteiger partial charge in [0.1, 0.15) is 9.75 Å². The first-order valence-corrected chi connectivity index (χ1v) is 10.1. The lowest BCUT2D eigenvalue weighted by Crippen LogP contribution is -2.41. The highest BCUT2D eigenvalue weighted by molar-refractivity contribution is 7.17. The predicted molar refractivity (Wildman–Crippen MR) is 108 cm³/mol. The van der Waals surface area contributed by atoms with E-state index in [0.717, 1.165) is 11.7 Å². The number of anilines is 1. The molecule has 2 heterocycles. The molecule has 0 fully saturated rings. The summed E-state index contributed by atoms with van der Waals surface area (Å²) in [5.41, 5.74) is 0.681. The van der Waals surface area contributed by atoms with Gasteiger partial charge in [0.05, 0.1) is 19.9 Å². The van der Waals surface area contributed by atoms with Crippen molar-refractivity contribution >= 4 is 39.6 Å². The smallest absolute Gasteiger partial charge is 0.265 e. The second-order valence-electron chi connectivity index (χ2n) is 5.71. The summed E-state index contributed by atoms with van der Waals surface area (Å²) in [5.74, 6) is 0.454. The molecule has 2 amide bonds. The van der Waals surface area contributed by atoms with Gasteiger partial charge in [0.15, 0.2) is 16.6 Å². The molecule has 0 unspecified atom stereocenters. The van der Waals surface area contributed by atoms with Gasteiger partial charge in [0, 0.05) is 24.5 Å². The molecule has 0 aliphatic rings. The summed E-state index contributed by atoms with van der Waals surface area (Å²) in [6, 6.07) is -0.251. The Morgan fingerprint density at radius 2 is 1.96 bits per heavy atom. The largest absolute Gasteiger partial charge is 0.492 e. The Morgan fingerprint density at radius 3 is 2.59 bits per heavy atom. The summed E-state index contributed by atoms with van der Waals surface area (Å²) in [4.78, 5) is 30.1. The quantitative estimate of drug-likeness (QED) is 0.585. The molecule has 0 aromatic carbocycles. The van der Waals surface area contributed by atoms with Crippen molar-refractivity contribution in [2.45, 2.75) is 26.8 Å². The van der Waals surface area contributed by atoms with Crippen LogP contribution >= 0.6 is 22.7 Å². The Morgan fingerprint density at radius 1 is 1.22 bits per heavy atom. The highest BCUT2D eigenvalue weighted by Crippen LogP contribution is 2.36. The molecule has 8 nitrogen and oxygen atoms in total. The van der Waals surface area contributed by atoms with Gasteiger partial charge in [-0.1, -0.05) is 11.3 Å². The number of thiazole rings is 1. The lowest BCUT2D eigenvalue weighted by molar-refractivity contribution is 0.0914. The molecule has 0 saturated heterocycles. The lowest BCUT2D eigenvalue weighted by Gasteiger charge is -2.14. The number of carbonyl (C=O) groups excluding carboxylic acids is 2. The van der Waals surface area contributed by atoms with E-state index in [1.54, 1.807) is 12.3 Å². The molecule has 2 aromatic heterocycles. The number of aryl methyl sites for hydroxylation is 1. The van der Waals surface area contributed by atoms with Gasteiger partial charge >= 0.3 is 0 Å². The normalized spacial score (nSPS) is 11.6. The first kappa shape index (κ1) is 21.0. The van der Waals surface area contributed by atoms with Gasteiger partial charge in [-0.2, -0.15) is 0 Å². The molecule has 3 N–H and O–H groups in total. The fourth-order valence-corrected chi connectivity index (χ4v) is 4.16. The van der Waals surface area contributed by atoms with Crippen LogP contribution in [0.3, 0.4) is 0 Å². The van der Waals surface area contributed by atoms with Crippen LogP contribution in [0.2, 0.25) is 0 Å². The van der Waals surface area contributed by atoms with Crippen LogP contribution in [0.4, 0.5) is 5.13 Å². The standard InChI is InChI=1S/C17H24N4O4S2/c1-6-18-17-21-10(3)13(27-17)16(23)20-9(2)7-19-15(22)14-12(25-5)11(24-4)8-26-14/h8-9H,6-7H2,1-5H3,(H,18,21)(H,19,22)(H,20,23)/t9-/m1/s1. The Hall–Kier alpha value is -2.33. The van der Waals surface area contributed by atoms with E-state index < -0.39 is 0 Å². The summed E-state index contributed by atoms with van der Waals surface area (Å²) >= 11 is 2.56. The van der Waals surface area contributed by atoms with Crippen molar-refractivity contribution in [1.29, 1.82) is 0 Å². The molecule has 0 spiro atoms. The third kappa shape index (κ3) is 5.10. The van der Waals surface area contributed by atoms with Crippen molar-refractivity contribution < 1.29 is 19.1 Å². The minimum atomic E-state index is -0.273. The monoisotopic (exact) mass is 412 g/mol. The second kappa shape index (κ2) is 9.56. The molecular formula is C17H24N4O4S2. The van der Waals surface area contributed by atoms with E-state index in [0.29, 0.717) is 26.9 Å². The zero-order chi connectivity index (χ0) is 20.0. The summed E-state index contributed by atoms with van der Waals surface area (Å²) in [7, 11) is 3.01. The maximum absolute atomic E-state index is 12.4. The average molecular weight is 413 g/mol. The van der Waals surface area contributed by atoms with E-state index in [-0.39, 0.29) is 24.4 Å². The van der Waals surface area contributed by atoms with Gasteiger partial charge < -0.3 is 25.4 Å². The zero-order valence-electron chi connectivity index (χ0n) is 16.0. The maximum Gasteiger partial charge on any atom is 0.265 e. The van der Waals surface area contributed by atoms with Crippen molar-refractivity contribution in [3.05, 3.63) is 20.8 Å². The van der Waals surface area contributed by atoms with E-state index in [9.17, 15) is 9.59 Å². The number of ether oxygens (including phenoxy) is 2. The van der Waals surface area contributed by atoms with Crippen LogP contribution in [-0.4, -0.2) is 50.1 Å². The highest BCUT2D eigenvalue weighted by atomic mass is 32.1. The van der Waals surface area contributed by atoms with Crippen LogP contribution in [0.5, 0.6) is 11.5 Å². The van der Waals surface area contributed by atoms with Crippen LogP contribution in [0.15, 0.2) is 5.38 Å². The van der Waals surface area contributed by atoms with Crippen LogP contribution in [0, 0.1) is 6.92 Å². The first-order chi connectivity index (χ1) is 12.9. The zero-order valence-corrected chi connectivity index (χ0v) is 17.6. The van der Waals surface area contributed by atoms with Crippen LogP contribution in [0.25, 0.3) is 0 Å². The highest BCUT2D eigenvalue weighted by Gasteiger charge is 2.21. The summed E-state index contributed by atoms with van der Waals surface area (Å²) in [6.45, 7) is 6.62. The van der Waals surface area contributed by atoms with Gasteiger partial charge in [-0.25, -0.2) is 4.98 Å². The van der Waals surface area contributed by atoms with Gasteiger partial charge in [0.2, 0.25) is 0 Å². The summed E-state index contributed by atoms with van der Waals surface area (Å²) in [6.07, 6.45) is 0. The number of hydrogen-bond acceptors (Lipinski definition) is 8. The molecule has 0 aliphatic carbocycles. The van der Waals surface area contributed by atoms with Gasteiger partial charge in [-0.3, -0.25) is 9.59 Å². The Balaban J connectivity index is 1.92. The molecule has 10 heteroatoms. The van der Waals surface area contributed by atoms with Crippen molar-refractivity contribution in [2.24, 2.45) is 0 Å². The molecule has 2 rings (SSSR count). The van der Waals surface area contributed by atoms with E-state index in [2.05, 4.69) is 20.9 Å². The molecule has 0 bridgehead atoms. The SMILES string of the molecule is CCNc1nc(C)c(C(=O)N[C@H](C)CNC(=O)c2scc(OC)c2OC)s1. The maximum atomic E-state index is 12.4. The van der Waals surface area contributed by atoms with Crippen molar-refractivity contribution in [1.82, 2.24) is 15.6 Å². The van der Waals surface area contributed by atoms with Gasteiger partial charge in [-0.15, -0.1) is 11.3 Å². The molecule has 0 aliphatic heterocycles. The van der Waals surface area contributed by atoms with E-state index >= 15 is 0 Å². The molecule has 1 atom stereocenters. The Kier molecular flexibility index (Phi) is 7.43. The summed E-state index contributed by atoms with van der Waals surface area (Å²) in [5, 5.41) is 11.2. The number of amides is 2. The number of rotatable bonds is 9. The van der Waals surface area contributed by atoms with Gasteiger partial charge in [0.25, 0.3) is 11.8 Å². The van der Waals surface area contributed by atoms with E-state index in [1.807, 2.05) is 13.8 Å². The molecular weight excluding hydrogens is 388 g/mol. The first-order valence-electron chi connectivity index (χ1n) is 8.41. The number of methoxy groups -OCH3 is 2. The molecule has 148 valence electrons. The minimum absolute atomic E-state index is 0.203. The Bertz CT molecular complexity index is 803. The molecule has 27 heavy (non-hydrogen) atoms. The van der Waals surface area contributed by atoms with Crippen molar-refractivity contribution in [3.63, 3.8) is 0 Å². The second-order valence-corrected chi connectivity index (χ2v) is 7.59. The van der Waals surface area contributed by atoms with Crippen LogP contribution < -0.4 is 25.4 Å². The van der Waals surface area contributed by atoms with Crippen molar-refractivity contribution in [2.75, 3.05) is 32.6 Å². The topological polar surface area (TPSA) is 102 Å². The number of nitrogens with one attached hydrogen (secondary N) is 3. The lowest BCUT2D eigenvalue weighted by atomic mass is 10.3. The van der Waals surface area contributed by atoms with E-state index in [1.165, 1.54) is 36.9 Å². The van der Waals surface area contributed by atoms with Crippen LogP contribution in [-0.2, 0) is 0 Å². The average Bonchev–Trinajstić information content (AvgIpc) is 3.22. The third-order valence-electron chi connectivity index (χ3n) is 3.62. The van der Waals surface area contributed by atoms with Crippen molar-refractivity contribution in [3.8, 4) is 11.5 Å². The van der Waals surface area contributed by atoms with Gasteiger partial charge in [-0.05, 0) is 20.8 Å². The number of hydrogen-bond donors (Lipinski definition) is 3. The van der Waals surface area contributed by atoms with E-state index in [4.69, 9.17) is 9.47 Å². The fourth-order valence-electron chi connectivity index (χ4n) is 2.32. The molecule has 2 aromatic rings. The number of nitrogens with zero attached hydrogens (tertiary/aromatic N) is 1. The fraction of sp³-hybridized carbons (Fsp3) is 0.471. The predicted octanol–water partition coefficient (Wildman–Crippen LogP) is 2.51.